The molecule has 1 aliphatic heterocycles. The van der Waals surface area contributed by atoms with Crippen molar-refractivity contribution >= 4 is 23.2 Å². The van der Waals surface area contributed by atoms with Gasteiger partial charge < -0.3 is 15.4 Å². The SMILES string of the molecule is Cc1ccc(CNC(=O)c2cc(C(=O)NCc3ccc4c(c3)CCO4)ncn2)s1. The van der Waals surface area contributed by atoms with Gasteiger partial charge in [-0.2, -0.15) is 0 Å². The molecule has 2 N–H and O–H groups in total. The highest BCUT2D eigenvalue weighted by atomic mass is 32.1. The van der Waals surface area contributed by atoms with E-state index in [0.717, 1.165) is 28.2 Å². The molecule has 0 bridgehead atoms. The fourth-order valence-electron chi connectivity index (χ4n) is 3.07. The van der Waals surface area contributed by atoms with Gasteiger partial charge in [-0.3, -0.25) is 9.59 Å². The van der Waals surface area contributed by atoms with E-state index in [-0.39, 0.29) is 23.2 Å². The quantitative estimate of drug-likeness (QED) is 0.654. The number of amides is 2. The van der Waals surface area contributed by atoms with Crippen molar-refractivity contribution in [3.63, 3.8) is 0 Å². The van der Waals surface area contributed by atoms with E-state index >= 15 is 0 Å². The molecule has 0 aliphatic carbocycles. The number of thiophene rings is 1. The summed E-state index contributed by atoms with van der Waals surface area (Å²) in [5.74, 6) is 0.211. The average molecular weight is 408 g/mol. The van der Waals surface area contributed by atoms with Crippen molar-refractivity contribution in [3.8, 4) is 5.75 Å². The van der Waals surface area contributed by atoms with Gasteiger partial charge in [-0.25, -0.2) is 9.97 Å². The zero-order chi connectivity index (χ0) is 20.2. The Labute approximate surface area is 172 Å². The van der Waals surface area contributed by atoms with Crippen LogP contribution in [0.5, 0.6) is 5.75 Å². The third-order valence-corrected chi connectivity index (χ3v) is 5.56. The average Bonchev–Trinajstić information content (AvgIpc) is 3.38. The molecule has 1 aliphatic rings. The molecule has 1 aromatic carbocycles. The molecule has 0 saturated carbocycles. The number of benzene rings is 1. The summed E-state index contributed by atoms with van der Waals surface area (Å²) in [6.45, 7) is 3.51. The highest BCUT2D eigenvalue weighted by Crippen LogP contribution is 2.25. The predicted molar refractivity (Wildman–Crippen MR) is 109 cm³/mol. The smallest absolute Gasteiger partial charge is 0.270 e. The van der Waals surface area contributed by atoms with Crippen molar-refractivity contribution in [2.75, 3.05) is 6.61 Å². The third-order valence-electron chi connectivity index (χ3n) is 4.56. The number of carbonyl (C=O) groups is 2. The number of aryl methyl sites for hydroxylation is 1. The molecule has 7 nitrogen and oxygen atoms in total. The van der Waals surface area contributed by atoms with Gasteiger partial charge in [0.2, 0.25) is 0 Å². The molecule has 0 atom stereocenters. The lowest BCUT2D eigenvalue weighted by Crippen LogP contribution is -2.27. The zero-order valence-electron chi connectivity index (χ0n) is 15.9. The van der Waals surface area contributed by atoms with Crippen LogP contribution in [0.2, 0.25) is 0 Å². The number of hydrogen-bond acceptors (Lipinski definition) is 6. The Bertz CT molecular complexity index is 1060. The number of nitrogens with one attached hydrogen (secondary N) is 2. The summed E-state index contributed by atoms with van der Waals surface area (Å²) in [7, 11) is 0. The van der Waals surface area contributed by atoms with Crippen LogP contribution in [0.3, 0.4) is 0 Å². The standard InChI is InChI=1S/C21H20N4O3S/c1-13-2-4-16(29-13)11-23-21(27)18-9-17(24-12-25-18)20(26)22-10-14-3-5-19-15(8-14)6-7-28-19/h2-5,8-9,12H,6-7,10-11H2,1H3,(H,22,26)(H,23,27). The molecule has 2 aromatic heterocycles. The Morgan fingerprint density at radius 2 is 1.79 bits per heavy atom. The summed E-state index contributed by atoms with van der Waals surface area (Å²) < 4.78 is 5.49. The van der Waals surface area contributed by atoms with Crippen LogP contribution in [-0.2, 0) is 19.5 Å². The number of rotatable bonds is 6. The maximum Gasteiger partial charge on any atom is 0.270 e. The number of hydrogen-bond donors (Lipinski definition) is 2. The van der Waals surface area contributed by atoms with E-state index in [4.69, 9.17) is 4.74 Å². The van der Waals surface area contributed by atoms with E-state index < -0.39 is 0 Å². The number of ether oxygens (including phenoxy) is 1. The van der Waals surface area contributed by atoms with E-state index in [1.54, 1.807) is 11.3 Å². The zero-order valence-corrected chi connectivity index (χ0v) is 16.7. The molecule has 0 radical (unpaired) electrons. The summed E-state index contributed by atoms with van der Waals surface area (Å²) in [5.41, 5.74) is 2.45. The highest BCUT2D eigenvalue weighted by Gasteiger charge is 2.15. The lowest BCUT2D eigenvalue weighted by Gasteiger charge is -2.08. The predicted octanol–water partition coefficient (Wildman–Crippen LogP) is 2.64. The van der Waals surface area contributed by atoms with Crippen molar-refractivity contribution in [2.45, 2.75) is 26.4 Å². The van der Waals surface area contributed by atoms with Crippen LogP contribution in [-0.4, -0.2) is 28.4 Å². The van der Waals surface area contributed by atoms with Gasteiger partial charge in [-0.15, -0.1) is 11.3 Å². The Morgan fingerprint density at radius 3 is 2.52 bits per heavy atom. The molecule has 3 aromatic rings. The number of nitrogens with zero attached hydrogens (tertiary/aromatic N) is 2. The summed E-state index contributed by atoms with van der Waals surface area (Å²) in [6, 6.07) is 11.3. The van der Waals surface area contributed by atoms with Gasteiger partial charge >= 0.3 is 0 Å². The van der Waals surface area contributed by atoms with Crippen LogP contribution in [0.4, 0.5) is 0 Å². The van der Waals surface area contributed by atoms with Crippen LogP contribution in [0, 0.1) is 6.92 Å². The topological polar surface area (TPSA) is 93.2 Å². The lowest BCUT2D eigenvalue weighted by molar-refractivity contribution is 0.0944. The van der Waals surface area contributed by atoms with E-state index in [1.807, 2.05) is 37.3 Å². The first-order valence-corrected chi connectivity index (χ1v) is 10.1. The van der Waals surface area contributed by atoms with E-state index in [1.165, 1.54) is 17.3 Å². The second kappa shape index (κ2) is 8.40. The number of carbonyl (C=O) groups excluding carboxylic acids is 2. The van der Waals surface area contributed by atoms with Crippen LogP contribution in [0.25, 0.3) is 0 Å². The Kier molecular flexibility index (Phi) is 5.53. The van der Waals surface area contributed by atoms with Crippen LogP contribution in [0.15, 0.2) is 42.7 Å². The summed E-state index contributed by atoms with van der Waals surface area (Å²) in [6.07, 6.45) is 2.11. The van der Waals surface area contributed by atoms with Crippen LogP contribution >= 0.6 is 11.3 Å². The Morgan fingerprint density at radius 1 is 1.03 bits per heavy atom. The van der Waals surface area contributed by atoms with E-state index in [0.29, 0.717) is 19.7 Å². The normalized spacial score (nSPS) is 12.2. The largest absolute Gasteiger partial charge is 0.493 e. The minimum absolute atomic E-state index is 0.154. The highest BCUT2D eigenvalue weighted by molar-refractivity contribution is 7.11. The molecule has 0 saturated heterocycles. The monoisotopic (exact) mass is 408 g/mol. The first-order valence-electron chi connectivity index (χ1n) is 9.27. The van der Waals surface area contributed by atoms with Crippen molar-refractivity contribution in [2.24, 2.45) is 0 Å². The molecule has 4 rings (SSSR count). The van der Waals surface area contributed by atoms with Crippen molar-refractivity contribution in [1.82, 2.24) is 20.6 Å². The molecule has 3 heterocycles. The summed E-state index contributed by atoms with van der Waals surface area (Å²) in [4.78, 5) is 35.0. The van der Waals surface area contributed by atoms with Gasteiger partial charge in [0.1, 0.15) is 23.5 Å². The summed E-state index contributed by atoms with van der Waals surface area (Å²) >= 11 is 1.63. The lowest BCUT2D eigenvalue weighted by atomic mass is 10.1. The minimum atomic E-state index is -0.355. The molecule has 148 valence electrons. The molecule has 0 spiro atoms. The van der Waals surface area contributed by atoms with E-state index in [2.05, 4.69) is 20.6 Å². The molecular formula is C21H20N4O3S. The maximum absolute atomic E-state index is 12.5. The van der Waals surface area contributed by atoms with Gasteiger partial charge in [0.15, 0.2) is 0 Å². The van der Waals surface area contributed by atoms with Gasteiger partial charge in [0, 0.05) is 28.8 Å². The first kappa shape index (κ1) is 19.1. The molecule has 0 unspecified atom stereocenters. The second-order valence-electron chi connectivity index (χ2n) is 6.71. The van der Waals surface area contributed by atoms with Crippen molar-refractivity contribution in [1.29, 1.82) is 0 Å². The van der Waals surface area contributed by atoms with Crippen molar-refractivity contribution < 1.29 is 14.3 Å². The maximum atomic E-state index is 12.5. The number of aromatic nitrogens is 2. The van der Waals surface area contributed by atoms with E-state index in [9.17, 15) is 9.59 Å². The van der Waals surface area contributed by atoms with Crippen LogP contribution in [0.1, 0.15) is 41.9 Å². The fourth-order valence-corrected chi connectivity index (χ4v) is 3.90. The van der Waals surface area contributed by atoms with Gasteiger partial charge in [0.25, 0.3) is 11.8 Å². The third kappa shape index (κ3) is 4.60. The minimum Gasteiger partial charge on any atom is -0.493 e. The van der Waals surface area contributed by atoms with Crippen molar-refractivity contribution in [3.05, 3.63) is 75.0 Å². The fraction of sp³-hybridized carbons (Fsp3) is 0.238. The Balaban J connectivity index is 1.35. The van der Waals surface area contributed by atoms with Gasteiger partial charge in [-0.1, -0.05) is 12.1 Å². The summed E-state index contributed by atoms with van der Waals surface area (Å²) in [5, 5.41) is 5.65. The first-order chi connectivity index (χ1) is 14.1. The van der Waals surface area contributed by atoms with Gasteiger partial charge in [-0.05, 0) is 36.2 Å². The molecule has 0 fully saturated rings. The van der Waals surface area contributed by atoms with Gasteiger partial charge in [0.05, 0.1) is 13.2 Å². The molecular weight excluding hydrogens is 388 g/mol. The molecule has 2 amide bonds. The molecule has 29 heavy (non-hydrogen) atoms. The number of fused-ring (bicyclic) bond motifs is 1. The van der Waals surface area contributed by atoms with Crippen LogP contribution < -0.4 is 15.4 Å². The second-order valence-corrected chi connectivity index (χ2v) is 8.08. The Hall–Kier alpha value is -3.26. The molecule has 8 heteroatoms.